The van der Waals surface area contributed by atoms with Crippen LogP contribution in [0.1, 0.15) is 24.6 Å². The van der Waals surface area contributed by atoms with Gasteiger partial charge >= 0.3 is 0 Å². The first-order chi connectivity index (χ1) is 6.46. The molecule has 3 N–H and O–H groups in total. The first kappa shape index (κ1) is 11.3. The van der Waals surface area contributed by atoms with E-state index in [0.29, 0.717) is 0 Å². The van der Waals surface area contributed by atoms with Gasteiger partial charge in [-0.05, 0) is 38.3 Å². The van der Waals surface area contributed by atoms with Gasteiger partial charge in [-0.1, -0.05) is 0 Å². The van der Waals surface area contributed by atoms with Crippen LogP contribution in [-0.4, -0.2) is 21.8 Å². The third-order valence-electron chi connectivity index (χ3n) is 2.72. The average molecular weight is 196 g/mol. The number of aromatic nitrogens is 1. The summed E-state index contributed by atoms with van der Waals surface area (Å²) in [6.45, 7) is 4.02. The summed E-state index contributed by atoms with van der Waals surface area (Å²) < 4.78 is 2.11. The van der Waals surface area contributed by atoms with Crippen LogP contribution >= 0.6 is 0 Å². The van der Waals surface area contributed by atoms with Crippen molar-refractivity contribution < 1.29 is 5.11 Å². The van der Waals surface area contributed by atoms with E-state index in [1.165, 1.54) is 11.3 Å². The van der Waals surface area contributed by atoms with Crippen molar-refractivity contribution in [3.63, 3.8) is 0 Å². The lowest BCUT2D eigenvalue weighted by Gasteiger charge is -2.21. The first-order valence-corrected chi connectivity index (χ1v) is 4.97. The summed E-state index contributed by atoms with van der Waals surface area (Å²) in [7, 11) is 2.04. The maximum absolute atomic E-state index is 9.03. The molecule has 0 saturated heterocycles. The molecule has 3 nitrogen and oxygen atoms in total. The molecule has 0 bridgehead atoms. The molecule has 80 valence electrons. The van der Waals surface area contributed by atoms with E-state index >= 15 is 0 Å². The van der Waals surface area contributed by atoms with Gasteiger partial charge in [0.05, 0.1) is 6.61 Å². The summed E-state index contributed by atoms with van der Waals surface area (Å²) in [5.74, 6) is 0. The van der Waals surface area contributed by atoms with E-state index in [0.717, 1.165) is 12.8 Å². The monoisotopic (exact) mass is 196 g/mol. The lowest BCUT2D eigenvalue weighted by Crippen LogP contribution is -2.40. The van der Waals surface area contributed by atoms with Gasteiger partial charge in [0.2, 0.25) is 0 Å². The molecule has 0 unspecified atom stereocenters. The second kappa shape index (κ2) is 4.15. The van der Waals surface area contributed by atoms with Crippen LogP contribution < -0.4 is 5.73 Å². The molecular formula is C11H20N2O. The van der Waals surface area contributed by atoms with Crippen molar-refractivity contribution in [3.8, 4) is 0 Å². The van der Waals surface area contributed by atoms with Gasteiger partial charge in [0, 0.05) is 24.5 Å². The second-order valence-electron chi connectivity index (χ2n) is 4.37. The van der Waals surface area contributed by atoms with Crippen LogP contribution in [0.15, 0.2) is 12.3 Å². The van der Waals surface area contributed by atoms with E-state index in [9.17, 15) is 0 Å². The van der Waals surface area contributed by atoms with Crippen LogP contribution in [0.4, 0.5) is 0 Å². The number of nitrogens with two attached hydrogens (primary N) is 1. The molecule has 0 aliphatic carbocycles. The molecule has 0 saturated carbocycles. The highest BCUT2D eigenvalue weighted by atomic mass is 16.3. The summed E-state index contributed by atoms with van der Waals surface area (Å²) in [6.07, 6.45) is 3.78. The van der Waals surface area contributed by atoms with Crippen molar-refractivity contribution in [1.29, 1.82) is 0 Å². The Labute approximate surface area is 85.5 Å². The Morgan fingerprint density at radius 1 is 1.57 bits per heavy atom. The quantitative estimate of drug-likeness (QED) is 0.754. The number of aryl methyl sites for hydroxylation is 2. The van der Waals surface area contributed by atoms with Crippen LogP contribution in [0.5, 0.6) is 0 Å². The van der Waals surface area contributed by atoms with Crippen molar-refractivity contribution in [1.82, 2.24) is 4.57 Å². The number of aliphatic hydroxyl groups excluding tert-OH is 1. The van der Waals surface area contributed by atoms with E-state index in [-0.39, 0.29) is 6.61 Å². The molecule has 3 heteroatoms. The zero-order chi connectivity index (χ0) is 10.8. The fourth-order valence-corrected chi connectivity index (χ4v) is 1.54. The molecule has 1 atom stereocenters. The molecule has 0 aromatic carbocycles. The Morgan fingerprint density at radius 2 is 2.21 bits per heavy atom. The van der Waals surface area contributed by atoms with Gasteiger partial charge in [0.15, 0.2) is 0 Å². The number of nitrogens with zero attached hydrogens (tertiary/aromatic N) is 1. The molecule has 1 heterocycles. The number of aliphatic hydroxyl groups is 1. The van der Waals surface area contributed by atoms with E-state index in [1.807, 2.05) is 14.0 Å². The Bertz CT molecular complexity index is 283. The molecule has 0 aliphatic heterocycles. The van der Waals surface area contributed by atoms with Gasteiger partial charge in [-0.3, -0.25) is 0 Å². The molecule has 0 fully saturated rings. The van der Waals surface area contributed by atoms with Crippen molar-refractivity contribution in [2.45, 2.75) is 32.2 Å². The minimum Gasteiger partial charge on any atom is -0.394 e. The maximum Gasteiger partial charge on any atom is 0.0608 e. The predicted molar refractivity (Wildman–Crippen MR) is 58.1 cm³/mol. The highest BCUT2D eigenvalue weighted by molar-refractivity contribution is 5.20. The van der Waals surface area contributed by atoms with Crippen molar-refractivity contribution in [2.75, 3.05) is 6.61 Å². The van der Waals surface area contributed by atoms with Crippen molar-refractivity contribution >= 4 is 0 Å². The topological polar surface area (TPSA) is 51.2 Å². The molecule has 0 aliphatic rings. The fourth-order valence-electron chi connectivity index (χ4n) is 1.54. The van der Waals surface area contributed by atoms with E-state index in [2.05, 4.69) is 23.8 Å². The van der Waals surface area contributed by atoms with E-state index in [4.69, 9.17) is 10.8 Å². The minimum atomic E-state index is -0.462. The molecular weight excluding hydrogens is 176 g/mol. The van der Waals surface area contributed by atoms with Crippen LogP contribution in [0.3, 0.4) is 0 Å². The third-order valence-corrected chi connectivity index (χ3v) is 2.72. The van der Waals surface area contributed by atoms with Crippen molar-refractivity contribution in [3.05, 3.63) is 23.5 Å². The van der Waals surface area contributed by atoms with Crippen LogP contribution in [0.2, 0.25) is 0 Å². The Kier molecular flexibility index (Phi) is 3.34. The Morgan fingerprint density at radius 3 is 2.64 bits per heavy atom. The number of rotatable bonds is 4. The van der Waals surface area contributed by atoms with Gasteiger partial charge in [-0.25, -0.2) is 0 Å². The molecule has 1 aromatic rings. The summed E-state index contributed by atoms with van der Waals surface area (Å²) in [5, 5.41) is 9.03. The Balaban J connectivity index is 2.62. The summed E-state index contributed by atoms with van der Waals surface area (Å²) >= 11 is 0. The lowest BCUT2D eigenvalue weighted by atomic mass is 9.96. The fraction of sp³-hybridized carbons (Fsp3) is 0.636. The SMILES string of the molecule is Cc1ccn(C)c1CC[C@@](C)(N)CO. The second-order valence-corrected chi connectivity index (χ2v) is 4.37. The highest BCUT2D eigenvalue weighted by Gasteiger charge is 2.17. The van der Waals surface area contributed by atoms with Gasteiger partial charge in [0.1, 0.15) is 0 Å². The van der Waals surface area contributed by atoms with Gasteiger partial charge in [-0.2, -0.15) is 0 Å². The average Bonchev–Trinajstić information content (AvgIpc) is 2.44. The predicted octanol–water partition coefficient (Wildman–Crippen LogP) is 0.976. The molecule has 0 spiro atoms. The maximum atomic E-state index is 9.03. The van der Waals surface area contributed by atoms with Gasteiger partial charge < -0.3 is 15.4 Å². The summed E-state index contributed by atoms with van der Waals surface area (Å²) in [6, 6.07) is 2.10. The first-order valence-electron chi connectivity index (χ1n) is 4.97. The Hall–Kier alpha value is -0.800. The normalized spacial score (nSPS) is 15.5. The van der Waals surface area contributed by atoms with Gasteiger partial charge in [0.25, 0.3) is 0 Å². The van der Waals surface area contributed by atoms with Gasteiger partial charge in [-0.15, -0.1) is 0 Å². The number of hydrogen-bond donors (Lipinski definition) is 2. The van der Waals surface area contributed by atoms with Crippen LogP contribution in [0, 0.1) is 6.92 Å². The molecule has 0 amide bonds. The van der Waals surface area contributed by atoms with E-state index in [1.54, 1.807) is 0 Å². The van der Waals surface area contributed by atoms with Crippen molar-refractivity contribution in [2.24, 2.45) is 12.8 Å². The lowest BCUT2D eigenvalue weighted by molar-refractivity contribution is 0.200. The zero-order valence-electron chi connectivity index (χ0n) is 9.25. The largest absolute Gasteiger partial charge is 0.394 e. The number of hydrogen-bond acceptors (Lipinski definition) is 2. The minimum absolute atomic E-state index is 0.0382. The molecule has 14 heavy (non-hydrogen) atoms. The smallest absolute Gasteiger partial charge is 0.0608 e. The molecule has 0 radical (unpaired) electrons. The molecule has 1 aromatic heterocycles. The van der Waals surface area contributed by atoms with Crippen LogP contribution in [0.25, 0.3) is 0 Å². The van der Waals surface area contributed by atoms with Crippen LogP contribution in [-0.2, 0) is 13.5 Å². The highest BCUT2D eigenvalue weighted by Crippen LogP contribution is 2.15. The zero-order valence-corrected chi connectivity index (χ0v) is 9.25. The summed E-state index contributed by atoms with van der Waals surface area (Å²) in [5.41, 5.74) is 8.01. The van der Waals surface area contributed by atoms with E-state index < -0.39 is 5.54 Å². The summed E-state index contributed by atoms with van der Waals surface area (Å²) in [4.78, 5) is 0. The molecule has 1 rings (SSSR count). The third kappa shape index (κ3) is 2.59. The standard InChI is InChI=1S/C11H20N2O/c1-9-5-7-13(3)10(9)4-6-11(2,12)8-14/h5,7,14H,4,6,8,12H2,1-3H3/t11-/m1/s1.